The number of rotatable bonds is 0. The molecule has 11 heavy (non-hydrogen) atoms. The SMILES string of the molecule is Cc1cnn2c(C)ccc2n1. The molecule has 0 spiro atoms. The average Bonchev–Trinajstić information content (AvgIpc) is 2.32. The van der Waals surface area contributed by atoms with Gasteiger partial charge in [-0.15, -0.1) is 0 Å². The maximum atomic E-state index is 4.30. The Kier molecular flexibility index (Phi) is 1.18. The molecule has 0 aromatic carbocycles. The molecular formula is C8H9N3. The van der Waals surface area contributed by atoms with Crippen LogP contribution in [0.2, 0.25) is 0 Å². The number of fused-ring (bicyclic) bond motifs is 1. The zero-order valence-corrected chi connectivity index (χ0v) is 6.57. The quantitative estimate of drug-likeness (QED) is 0.563. The third-order valence-electron chi connectivity index (χ3n) is 1.68. The molecule has 0 unspecified atom stereocenters. The summed E-state index contributed by atoms with van der Waals surface area (Å²) in [6.45, 7) is 3.95. The number of hydrogen-bond acceptors (Lipinski definition) is 2. The maximum Gasteiger partial charge on any atom is 0.153 e. The molecule has 2 heterocycles. The standard InChI is InChI=1S/C8H9N3/c1-6-5-9-11-7(2)3-4-8(11)10-6/h3-5H,1-2H3. The Morgan fingerprint density at radius 3 is 2.91 bits per heavy atom. The van der Waals surface area contributed by atoms with Crippen molar-refractivity contribution in [3.63, 3.8) is 0 Å². The van der Waals surface area contributed by atoms with Crippen molar-refractivity contribution in [1.29, 1.82) is 0 Å². The van der Waals surface area contributed by atoms with Crippen LogP contribution in [0.25, 0.3) is 5.65 Å². The van der Waals surface area contributed by atoms with Crippen molar-refractivity contribution in [3.05, 3.63) is 29.7 Å². The molecule has 3 heteroatoms. The van der Waals surface area contributed by atoms with Gasteiger partial charge in [-0.2, -0.15) is 5.10 Å². The monoisotopic (exact) mass is 147 g/mol. The molecule has 3 nitrogen and oxygen atoms in total. The normalized spacial score (nSPS) is 10.7. The second kappa shape index (κ2) is 2.05. The highest BCUT2D eigenvalue weighted by Gasteiger charge is 1.97. The van der Waals surface area contributed by atoms with Crippen LogP contribution in [0.3, 0.4) is 0 Å². The molecule has 0 N–H and O–H groups in total. The summed E-state index contributed by atoms with van der Waals surface area (Å²) in [5, 5.41) is 4.19. The molecule has 0 amide bonds. The number of aryl methyl sites for hydroxylation is 2. The number of nitrogens with zero attached hydrogens (tertiary/aromatic N) is 3. The Bertz CT molecular complexity index is 389. The highest BCUT2D eigenvalue weighted by molar-refractivity contribution is 5.39. The van der Waals surface area contributed by atoms with E-state index in [1.54, 1.807) is 6.20 Å². The lowest BCUT2D eigenvalue weighted by atomic mass is 10.5. The molecule has 2 aromatic rings. The Balaban J connectivity index is 2.86. The summed E-state index contributed by atoms with van der Waals surface area (Å²) in [5.41, 5.74) is 2.99. The molecule has 56 valence electrons. The second-order valence-electron chi connectivity index (χ2n) is 2.64. The van der Waals surface area contributed by atoms with Gasteiger partial charge in [-0.25, -0.2) is 9.50 Å². The van der Waals surface area contributed by atoms with Crippen molar-refractivity contribution in [3.8, 4) is 0 Å². The van der Waals surface area contributed by atoms with E-state index in [0.717, 1.165) is 17.0 Å². The van der Waals surface area contributed by atoms with Crippen LogP contribution in [0.5, 0.6) is 0 Å². The Labute approximate surface area is 64.7 Å². The molecular weight excluding hydrogens is 138 g/mol. The highest BCUT2D eigenvalue weighted by Crippen LogP contribution is 2.04. The van der Waals surface area contributed by atoms with Crippen molar-refractivity contribution >= 4 is 5.65 Å². The second-order valence-corrected chi connectivity index (χ2v) is 2.64. The average molecular weight is 147 g/mol. The lowest BCUT2D eigenvalue weighted by Gasteiger charge is -1.95. The van der Waals surface area contributed by atoms with Gasteiger partial charge in [0.2, 0.25) is 0 Å². The van der Waals surface area contributed by atoms with Crippen LogP contribution in [0.15, 0.2) is 18.3 Å². The molecule has 0 radical (unpaired) electrons. The zero-order chi connectivity index (χ0) is 7.84. The number of aromatic nitrogens is 3. The minimum atomic E-state index is 0.919. The van der Waals surface area contributed by atoms with E-state index in [1.807, 2.05) is 30.5 Å². The fourth-order valence-corrected chi connectivity index (χ4v) is 1.10. The first-order valence-electron chi connectivity index (χ1n) is 3.55. The van der Waals surface area contributed by atoms with Gasteiger partial charge in [0.25, 0.3) is 0 Å². The topological polar surface area (TPSA) is 30.2 Å². The molecule has 0 aliphatic rings. The van der Waals surface area contributed by atoms with Crippen molar-refractivity contribution in [2.24, 2.45) is 0 Å². The van der Waals surface area contributed by atoms with Gasteiger partial charge in [0.15, 0.2) is 5.65 Å². The molecule has 0 saturated heterocycles. The van der Waals surface area contributed by atoms with E-state index in [-0.39, 0.29) is 0 Å². The van der Waals surface area contributed by atoms with Crippen molar-refractivity contribution in [2.45, 2.75) is 13.8 Å². The predicted octanol–water partition coefficient (Wildman–Crippen LogP) is 1.35. The molecule has 0 aliphatic carbocycles. The van der Waals surface area contributed by atoms with Gasteiger partial charge in [0.1, 0.15) is 0 Å². The summed E-state index contributed by atoms with van der Waals surface area (Å²) < 4.78 is 1.83. The van der Waals surface area contributed by atoms with E-state index in [4.69, 9.17) is 0 Å². The fraction of sp³-hybridized carbons (Fsp3) is 0.250. The van der Waals surface area contributed by atoms with E-state index in [0.29, 0.717) is 0 Å². The molecule has 0 bridgehead atoms. The van der Waals surface area contributed by atoms with Gasteiger partial charge in [0, 0.05) is 5.69 Å². The number of hydrogen-bond donors (Lipinski definition) is 0. The third kappa shape index (κ3) is 0.888. The predicted molar refractivity (Wildman–Crippen MR) is 42.5 cm³/mol. The van der Waals surface area contributed by atoms with Crippen LogP contribution in [-0.4, -0.2) is 14.6 Å². The first kappa shape index (κ1) is 6.34. The minimum Gasteiger partial charge on any atom is -0.232 e. The summed E-state index contributed by atoms with van der Waals surface area (Å²) in [7, 11) is 0. The van der Waals surface area contributed by atoms with E-state index in [2.05, 4.69) is 10.1 Å². The van der Waals surface area contributed by atoms with Crippen molar-refractivity contribution < 1.29 is 0 Å². The lowest BCUT2D eigenvalue weighted by molar-refractivity contribution is 0.863. The maximum absolute atomic E-state index is 4.30. The van der Waals surface area contributed by atoms with Gasteiger partial charge >= 0.3 is 0 Å². The van der Waals surface area contributed by atoms with Gasteiger partial charge in [0.05, 0.1) is 11.9 Å². The van der Waals surface area contributed by atoms with Gasteiger partial charge in [-0.05, 0) is 26.0 Å². The van der Waals surface area contributed by atoms with Crippen LogP contribution < -0.4 is 0 Å². The van der Waals surface area contributed by atoms with Crippen LogP contribution in [-0.2, 0) is 0 Å². The highest BCUT2D eigenvalue weighted by atomic mass is 15.2. The minimum absolute atomic E-state index is 0.919. The molecule has 0 saturated carbocycles. The first-order valence-corrected chi connectivity index (χ1v) is 3.55. The van der Waals surface area contributed by atoms with Crippen LogP contribution in [0.1, 0.15) is 11.4 Å². The summed E-state index contributed by atoms with van der Waals surface area (Å²) in [6.07, 6.45) is 1.76. The van der Waals surface area contributed by atoms with Gasteiger partial charge in [-0.1, -0.05) is 0 Å². The summed E-state index contributed by atoms with van der Waals surface area (Å²) in [5.74, 6) is 0. The lowest BCUT2D eigenvalue weighted by Crippen LogP contribution is -1.96. The third-order valence-corrected chi connectivity index (χ3v) is 1.68. The molecule has 0 atom stereocenters. The summed E-state index contributed by atoms with van der Waals surface area (Å²) in [6, 6.07) is 3.98. The Morgan fingerprint density at radius 1 is 1.27 bits per heavy atom. The van der Waals surface area contributed by atoms with Crippen molar-refractivity contribution in [1.82, 2.24) is 14.6 Å². The van der Waals surface area contributed by atoms with Gasteiger partial charge in [-0.3, -0.25) is 0 Å². The van der Waals surface area contributed by atoms with Crippen LogP contribution in [0.4, 0.5) is 0 Å². The smallest absolute Gasteiger partial charge is 0.153 e. The first-order chi connectivity index (χ1) is 5.27. The summed E-state index contributed by atoms with van der Waals surface area (Å²) in [4.78, 5) is 4.30. The van der Waals surface area contributed by atoms with Gasteiger partial charge < -0.3 is 0 Å². The largest absolute Gasteiger partial charge is 0.232 e. The van der Waals surface area contributed by atoms with Crippen LogP contribution in [0, 0.1) is 13.8 Å². The van der Waals surface area contributed by atoms with E-state index >= 15 is 0 Å². The Hall–Kier alpha value is -1.38. The van der Waals surface area contributed by atoms with E-state index < -0.39 is 0 Å². The summed E-state index contributed by atoms with van der Waals surface area (Å²) >= 11 is 0. The van der Waals surface area contributed by atoms with E-state index in [9.17, 15) is 0 Å². The molecule has 0 aliphatic heterocycles. The fourth-order valence-electron chi connectivity index (χ4n) is 1.10. The zero-order valence-electron chi connectivity index (χ0n) is 6.57. The molecule has 2 aromatic heterocycles. The molecule has 0 fully saturated rings. The molecule has 2 rings (SSSR count). The Morgan fingerprint density at radius 2 is 2.09 bits per heavy atom. The van der Waals surface area contributed by atoms with Crippen LogP contribution >= 0.6 is 0 Å². The van der Waals surface area contributed by atoms with Crippen molar-refractivity contribution in [2.75, 3.05) is 0 Å². The van der Waals surface area contributed by atoms with E-state index in [1.165, 1.54) is 0 Å².